The molecule has 0 spiro atoms. The van der Waals surface area contributed by atoms with Crippen molar-refractivity contribution in [1.29, 1.82) is 0 Å². The lowest BCUT2D eigenvalue weighted by molar-refractivity contribution is -0.384. The molecule has 2 aliphatic rings. The predicted octanol–water partition coefficient (Wildman–Crippen LogP) is 0.693. The maximum Gasteiger partial charge on any atom is 0.412 e. The lowest BCUT2D eigenvalue weighted by Crippen LogP contribution is -2.48. The Morgan fingerprint density at radius 1 is 1.27 bits per heavy atom. The third kappa shape index (κ3) is 4.58. The average Bonchev–Trinajstić information content (AvgIpc) is 3.45. The zero-order valence-corrected chi connectivity index (χ0v) is 18.2. The Kier molecular flexibility index (Phi) is 5.89. The van der Waals surface area contributed by atoms with Gasteiger partial charge in [0.25, 0.3) is 15.8 Å². The predicted molar refractivity (Wildman–Crippen MR) is 112 cm³/mol. The van der Waals surface area contributed by atoms with Crippen LogP contribution in [0.5, 0.6) is 0 Å². The van der Waals surface area contributed by atoms with E-state index in [9.17, 15) is 28.1 Å². The highest BCUT2D eigenvalue weighted by molar-refractivity contribution is 7.86. The number of fused-ring (bicyclic) bond motifs is 1. The first-order valence-corrected chi connectivity index (χ1v) is 11.6. The molecule has 1 amide bonds. The molecule has 2 aliphatic heterocycles. The second kappa shape index (κ2) is 8.65. The number of non-ortho nitro benzene ring substituents is 1. The fourth-order valence-electron chi connectivity index (χ4n) is 3.88. The van der Waals surface area contributed by atoms with E-state index >= 15 is 0 Å². The highest BCUT2D eigenvalue weighted by Gasteiger charge is 2.48. The minimum Gasteiger partial charge on any atom is -0.444 e. The van der Waals surface area contributed by atoms with Gasteiger partial charge < -0.3 is 9.64 Å². The molecule has 0 N–H and O–H groups in total. The minimum atomic E-state index is -3.93. The number of likely N-dealkylation sites (tertiary alicyclic amines) is 1. The van der Waals surface area contributed by atoms with Gasteiger partial charge in [0.1, 0.15) is 30.6 Å². The van der Waals surface area contributed by atoms with Crippen molar-refractivity contribution in [3.8, 4) is 0 Å². The molecule has 0 saturated carbocycles. The molecule has 14 heteroatoms. The number of carbonyl (C=O) groups excluding carboxylic acids is 2. The molecule has 0 aliphatic carbocycles. The lowest BCUT2D eigenvalue weighted by atomic mass is 10.1. The second-order valence-electron chi connectivity index (χ2n) is 7.46. The zero-order chi connectivity index (χ0) is 23.8. The molecule has 1 saturated heterocycles. The largest absolute Gasteiger partial charge is 0.444 e. The van der Waals surface area contributed by atoms with Crippen molar-refractivity contribution >= 4 is 33.7 Å². The number of amides is 1. The third-order valence-electron chi connectivity index (χ3n) is 5.27. The van der Waals surface area contributed by atoms with Crippen LogP contribution in [0, 0.1) is 10.1 Å². The Hall–Kier alpha value is -3.74. The van der Waals surface area contributed by atoms with Crippen molar-refractivity contribution in [3.63, 3.8) is 0 Å². The van der Waals surface area contributed by atoms with E-state index in [2.05, 4.69) is 5.10 Å². The van der Waals surface area contributed by atoms with Gasteiger partial charge in [-0.25, -0.2) is 14.3 Å². The van der Waals surface area contributed by atoms with Crippen molar-refractivity contribution in [2.45, 2.75) is 25.4 Å². The van der Waals surface area contributed by atoms with Gasteiger partial charge in [-0.05, 0) is 17.7 Å². The van der Waals surface area contributed by atoms with Crippen molar-refractivity contribution < 1.29 is 31.9 Å². The van der Waals surface area contributed by atoms with Gasteiger partial charge in [-0.2, -0.15) is 13.5 Å². The van der Waals surface area contributed by atoms with Crippen molar-refractivity contribution in [2.75, 3.05) is 24.2 Å². The molecule has 1 fully saturated rings. The van der Waals surface area contributed by atoms with Gasteiger partial charge in [-0.15, -0.1) is 0 Å². The van der Waals surface area contributed by atoms with E-state index in [0.717, 1.165) is 6.26 Å². The summed E-state index contributed by atoms with van der Waals surface area (Å²) in [5, 5.41) is 15.0. The smallest absolute Gasteiger partial charge is 0.412 e. The first kappa shape index (κ1) is 22.5. The maximum atomic E-state index is 13.0. The number of rotatable bonds is 6. The van der Waals surface area contributed by atoms with Crippen molar-refractivity contribution in [2.24, 2.45) is 0 Å². The van der Waals surface area contributed by atoms with Crippen LogP contribution in [-0.4, -0.2) is 71.7 Å². The molecular formula is C19H19N5O8S. The highest BCUT2D eigenvalue weighted by Crippen LogP contribution is 2.34. The van der Waals surface area contributed by atoms with Crippen LogP contribution in [0.4, 0.5) is 16.3 Å². The Morgan fingerprint density at radius 3 is 2.64 bits per heavy atom. The van der Waals surface area contributed by atoms with Gasteiger partial charge in [0.15, 0.2) is 0 Å². The molecule has 13 nitrogen and oxygen atoms in total. The van der Waals surface area contributed by atoms with Gasteiger partial charge in [-0.1, -0.05) is 0 Å². The molecule has 3 heterocycles. The molecule has 174 valence electrons. The third-order valence-corrected chi connectivity index (χ3v) is 5.85. The Bertz CT molecular complexity index is 1240. The summed E-state index contributed by atoms with van der Waals surface area (Å²) in [5.41, 5.74) is 0.359. The van der Waals surface area contributed by atoms with E-state index in [4.69, 9.17) is 8.92 Å². The van der Waals surface area contributed by atoms with Gasteiger partial charge in [0.2, 0.25) is 0 Å². The second-order valence-corrected chi connectivity index (χ2v) is 9.06. The number of nitro groups is 1. The van der Waals surface area contributed by atoms with Crippen LogP contribution in [0.1, 0.15) is 5.56 Å². The zero-order valence-electron chi connectivity index (χ0n) is 17.4. The summed E-state index contributed by atoms with van der Waals surface area (Å²) in [6.45, 7) is 0.493. The van der Waals surface area contributed by atoms with Crippen LogP contribution < -0.4 is 4.90 Å². The summed E-state index contributed by atoms with van der Waals surface area (Å²) in [4.78, 5) is 38.0. The standard InChI is InChI=1S/C19H19N5O8S/c1-33(29,30)32-16-10-22(19(26)31-12-13-2-4-14(5-3-13)24(27)28)18(15(16)11-25)21-8-9-23-17(21)6-7-20-23/h2-7,16,18H,8-10,12H2,1H3/t16-,18-/m0/s1. The molecule has 2 aromatic rings. The number of carbonyl (C=O) groups is 1. The number of aromatic nitrogens is 2. The summed E-state index contributed by atoms with van der Waals surface area (Å²) in [6.07, 6.45) is -0.584. The first-order chi connectivity index (χ1) is 15.7. The fourth-order valence-corrected chi connectivity index (χ4v) is 4.47. The number of anilines is 1. The van der Waals surface area contributed by atoms with Crippen LogP contribution in [0.3, 0.4) is 0 Å². The van der Waals surface area contributed by atoms with Crippen LogP contribution in [0.25, 0.3) is 0 Å². The number of hydrogen-bond acceptors (Lipinski definition) is 10. The van der Waals surface area contributed by atoms with Gasteiger partial charge in [-0.3, -0.25) is 19.2 Å². The van der Waals surface area contributed by atoms with Crippen molar-refractivity contribution in [3.05, 3.63) is 57.8 Å². The molecule has 33 heavy (non-hydrogen) atoms. The number of benzene rings is 1. The summed E-state index contributed by atoms with van der Waals surface area (Å²) in [7, 11) is -3.93. The van der Waals surface area contributed by atoms with E-state index in [0.29, 0.717) is 24.5 Å². The van der Waals surface area contributed by atoms with E-state index in [-0.39, 0.29) is 24.4 Å². The minimum absolute atomic E-state index is 0.0534. The number of ether oxygens (including phenoxy) is 1. The highest BCUT2D eigenvalue weighted by atomic mass is 32.2. The van der Waals surface area contributed by atoms with Gasteiger partial charge in [0, 0.05) is 24.7 Å². The number of nitrogens with zero attached hydrogens (tertiary/aromatic N) is 5. The summed E-state index contributed by atoms with van der Waals surface area (Å²) >= 11 is 0. The average molecular weight is 477 g/mol. The molecule has 1 aromatic heterocycles. The van der Waals surface area contributed by atoms with E-state index in [1.165, 1.54) is 29.2 Å². The first-order valence-electron chi connectivity index (χ1n) is 9.76. The van der Waals surface area contributed by atoms with Crippen LogP contribution in [0.15, 0.2) is 42.1 Å². The normalized spacial score (nSPS) is 20.0. The van der Waals surface area contributed by atoms with Gasteiger partial charge >= 0.3 is 6.09 Å². The van der Waals surface area contributed by atoms with E-state index < -0.39 is 33.4 Å². The van der Waals surface area contributed by atoms with Crippen LogP contribution in [-0.2, 0) is 37.0 Å². The lowest BCUT2D eigenvalue weighted by Gasteiger charge is -2.31. The number of hydrogen-bond donors (Lipinski definition) is 0. The monoisotopic (exact) mass is 477 g/mol. The summed E-state index contributed by atoms with van der Waals surface area (Å²) in [5.74, 6) is 2.39. The number of nitro benzene ring substituents is 1. The quantitative estimate of drug-likeness (QED) is 0.251. The maximum absolute atomic E-state index is 13.0. The van der Waals surface area contributed by atoms with Crippen LogP contribution in [0.2, 0.25) is 0 Å². The van der Waals surface area contributed by atoms with Crippen molar-refractivity contribution in [1.82, 2.24) is 14.7 Å². The molecule has 1 aromatic carbocycles. The fraction of sp³-hybridized carbons (Fsp3) is 0.368. The Labute approximate surface area is 188 Å². The molecular weight excluding hydrogens is 458 g/mol. The topological polar surface area (TPSA) is 154 Å². The Morgan fingerprint density at radius 2 is 2.00 bits per heavy atom. The van der Waals surface area contributed by atoms with Crippen LogP contribution >= 0.6 is 0 Å². The molecule has 0 bridgehead atoms. The molecule has 4 rings (SSSR count). The SMILES string of the molecule is CS(=O)(=O)O[C@H]1CN(C(=O)OCc2ccc([N+](=O)[O-])cc2)[C@H](N2CCn3nccc32)C1=C=O. The van der Waals surface area contributed by atoms with E-state index in [1.54, 1.807) is 27.8 Å². The Balaban J connectivity index is 1.57. The summed E-state index contributed by atoms with van der Waals surface area (Å²) < 4.78 is 35.5. The summed E-state index contributed by atoms with van der Waals surface area (Å²) in [6, 6.07) is 7.20. The molecule has 0 unspecified atom stereocenters. The van der Waals surface area contributed by atoms with Gasteiger partial charge in [0.05, 0.1) is 36.0 Å². The molecule has 0 radical (unpaired) electrons. The molecule has 2 atom stereocenters. The van der Waals surface area contributed by atoms with E-state index in [1.807, 2.05) is 0 Å².